The lowest BCUT2D eigenvalue weighted by atomic mass is 10.1. The highest BCUT2D eigenvalue weighted by Gasteiger charge is 2.24. The second-order valence-corrected chi connectivity index (χ2v) is 12.6. The number of hydrogen-bond acceptors (Lipinski definition) is 4. The van der Waals surface area contributed by atoms with Gasteiger partial charge in [-0.1, -0.05) is 132 Å². The molecule has 0 aliphatic carbocycles. The lowest BCUT2D eigenvalue weighted by Crippen LogP contribution is -2.46. The van der Waals surface area contributed by atoms with E-state index in [1.54, 1.807) is 0 Å². The molecule has 0 spiro atoms. The number of amides is 1. The van der Waals surface area contributed by atoms with E-state index in [1.807, 2.05) is 6.08 Å². The highest BCUT2D eigenvalue weighted by atomic mass is 32.2. The van der Waals surface area contributed by atoms with E-state index in [1.165, 1.54) is 31.8 Å². The molecule has 0 aromatic carbocycles. The molecule has 0 radical (unpaired) electrons. The van der Waals surface area contributed by atoms with Crippen molar-refractivity contribution in [2.45, 2.75) is 148 Å². The first kappa shape index (κ1) is 40.0. The minimum atomic E-state index is -4.34. The van der Waals surface area contributed by atoms with Gasteiger partial charge >= 0.3 is 0 Å². The van der Waals surface area contributed by atoms with Crippen LogP contribution in [0.25, 0.3) is 0 Å². The standard InChI is InChI=1S/C35H61NO5S/c1-3-5-7-9-11-13-14-15-16-17-18-19-20-21-22-23-25-27-29-31-35(38)36-33(32-42(39,40)41)34(37)30-28-26-24-12-10-8-6-4-2/h5,7,11,13,15-16,18-19,28,30,33-34,37H,3-4,6,8-10,12,14,17,20-27,29,31-32H2,1-2H3,(H,36,38)(H,39,40,41)/b7-5-,13-11-,16-15-,19-18-,30-28+. The molecule has 2 atom stereocenters. The minimum absolute atomic E-state index is 0.276. The van der Waals surface area contributed by atoms with Gasteiger partial charge in [0.15, 0.2) is 0 Å². The van der Waals surface area contributed by atoms with Gasteiger partial charge in [-0.3, -0.25) is 9.35 Å². The maximum absolute atomic E-state index is 12.4. The molecule has 0 aliphatic rings. The summed E-state index contributed by atoms with van der Waals surface area (Å²) in [6.07, 6.45) is 39.3. The molecule has 0 bridgehead atoms. The molecule has 6 nitrogen and oxygen atoms in total. The summed E-state index contributed by atoms with van der Waals surface area (Å²) in [6, 6.07) is -1.06. The smallest absolute Gasteiger partial charge is 0.267 e. The Morgan fingerprint density at radius 1 is 0.667 bits per heavy atom. The molecule has 2 unspecified atom stereocenters. The molecule has 1 amide bonds. The molecule has 0 saturated carbocycles. The largest absolute Gasteiger partial charge is 0.387 e. The molecule has 0 heterocycles. The number of nitrogens with one attached hydrogen (secondary N) is 1. The number of carbonyl (C=O) groups is 1. The molecule has 42 heavy (non-hydrogen) atoms. The maximum Gasteiger partial charge on any atom is 0.267 e. The summed E-state index contributed by atoms with van der Waals surface area (Å²) in [4.78, 5) is 12.4. The van der Waals surface area contributed by atoms with E-state index < -0.39 is 28.0 Å². The predicted octanol–water partition coefficient (Wildman–Crippen LogP) is 8.95. The van der Waals surface area contributed by atoms with Crippen LogP contribution < -0.4 is 5.32 Å². The zero-order valence-corrected chi connectivity index (χ0v) is 27.4. The molecule has 3 N–H and O–H groups in total. The Hall–Kier alpha value is -1.96. The average Bonchev–Trinajstić information content (AvgIpc) is 2.94. The van der Waals surface area contributed by atoms with Crippen molar-refractivity contribution in [3.05, 3.63) is 60.8 Å². The summed E-state index contributed by atoms with van der Waals surface area (Å²) in [6.45, 7) is 4.33. The topological polar surface area (TPSA) is 104 Å². The summed E-state index contributed by atoms with van der Waals surface area (Å²) < 4.78 is 32.1. The van der Waals surface area contributed by atoms with Crippen LogP contribution >= 0.6 is 0 Å². The van der Waals surface area contributed by atoms with Crippen LogP contribution in [0.15, 0.2) is 60.8 Å². The number of aliphatic hydroxyl groups excluding tert-OH is 1. The van der Waals surface area contributed by atoms with Gasteiger partial charge in [-0.25, -0.2) is 0 Å². The molecule has 0 aromatic rings. The minimum Gasteiger partial charge on any atom is -0.387 e. The number of rotatable bonds is 28. The van der Waals surface area contributed by atoms with Gasteiger partial charge in [0.05, 0.1) is 17.9 Å². The van der Waals surface area contributed by atoms with E-state index in [0.29, 0.717) is 6.42 Å². The van der Waals surface area contributed by atoms with Crippen molar-refractivity contribution < 1.29 is 22.9 Å². The first-order valence-corrected chi connectivity index (χ1v) is 18.1. The van der Waals surface area contributed by atoms with Gasteiger partial charge in [0.1, 0.15) is 0 Å². The van der Waals surface area contributed by atoms with Crippen LogP contribution in [0, 0.1) is 0 Å². The predicted molar refractivity (Wildman–Crippen MR) is 179 cm³/mol. The van der Waals surface area contributed by atoms with Crippen LogP contribution in [0.5, 0.6) is 0 Å². The van der Waals surface area contributed by atoms with E-state index >= 15 is 0 Å². The zero-order valence-electron chi connectivity index (χ0n) is 26.6. The highest BCUT2D eigenvalue weighted by Crippen LogP contribution is 2.11. The van der Waals surface area contributed by atoms with Gasteiger partial charge in [-0.15, -0.1) is 0 Å². The Morgan fingerprint density at radius 2 is 1.14 bits per heavy atom. The Labute approximate surface area is 258 Å². The molecule has 0 fully saturated rings. The number of unbranched alkanes of at least 4 members (excludes halogenated alkanes) is 12. The molecule has 0 rings (SSSR count). The molecule has 0 aromatic heterocycles. The number of carbonyl (C=O) groups excluding carboxylic acids is 1. The first-order valence-electron chi connectivity index (χ1n) is 16.5. The monoisotopic (exact) mass is 607 g/mol. The van der Waals surface area contributed by atoms with Crippen molar-refractivity contribution in [2.75, 3.05) is 5.75 Å². The second kappa shape index (κ2) is 29.1. The average molecular weight is 608 g/mol. The van der Waals surface area contributed by atoms with Crippen molar-refractivity contribution in [3.8, 4) is 0 Å². The number of hydrogen-bond donors (Lipinski definition) is 3. The van der Waals surface area contributed by atoms with Crippen molar-refractivity contribution in [3.63, 3.8) is 0 Å². The van der Waals surface area contributed by atoms with Crippen molar-refractivity contribution >= 4 is 16.0 Å². The van der Waals surface area contributed by atoms with Crippen molar-refractivity contribution in [2.24, 2.45) is 0 Å². The van der Waals surface area contributed by atoms with Gasteiger partial charge in [0.2, 0.25) is 5.91 Å². The van der Waals surface area contributed by atoms with Crippen LogP contribution in [-0.2, 0) is 14.9 Å². The van der Waals surface area contributed by atoms with Gasteiger partial charge in [-0.2, -0.15) is 8.42 Å². The Kier molecular flexibility index (Phi) is 27.8. The molecular formula is C35H61NO5S. The molecular weight excluding hydrogens is 546 g/mol. The van der Waals surface area contributed by atoms with E-state index in [9.17, 15) is 22.9 Å². The van der Waals surface area contributed by atoms with E-state index in [-0.39, 0.29) is 12.3 Å². The number of allylic oxidation sites excluding steroid dienone is 9. The second-order valence-electron chi connectivity index (χ2n) is 11.1. The summed E-state index contributed by atoms with van der Waals surface area (Å²) in [7, 11) is -4.34. The van der Waals surface area contributed by atoms with Crippen LogP contribution in [0.3, 0.4) is 0 Å². The van der Waals surface area contributed by atoms with E-state index in [2.05, 4.69) is 67.8 Å². The van der Waals surface area contributed by atoms with Gasteiger partial charge in [0, 0.05) is 6.42 Å². The Bertz CT molecular complexity index is 889. The van der Waals surface area contributed by atoms with Crippen LogP contribution in [0.4, 0.5) is 0 Å². The first-order chi connectivity index (χ1) is 20.3. The normalized spacial score (nSPS) is 14.3. The van der Waals surface area contributed by atoms with E-state index in [0.717, 1.165) is 83.5 Å². The van der Waals surface area contributed by atoms with E-state index in [4.69, 9.17) is 0 Å². The Balaban J connectivity index is 4.01. The SMILES string of the molecule is CC/C=C\C/C=C\C/C=C\C/C=C\CCCCCCCCC(=O)NC(CS(=O)(=O)O)C(O)/C=C/CCCCCCCC. The van der Waals surface area contributed by atoms with Crippen LogP contribution in [0.2, 0.25) is 0 Å². The fourth-order valence-corrected chi connectivity index (χ4v) is 5.23. The molecule has 0 aliphatic heterocycles. The maximum atomic E-state index is 12.4. The third-order valence-corrected chi connectivity index (χ3v) is 7.73. The van der Waals surface area contributed by atoms with Crippen LogP contribution in [0.1, 0.15) is 136 Å². The van der Waals surface area contributed by atoms with Gasteiger partial charge < -0.3 is 10.4 Å². The molecule has 242 valence electrons. The number of aliphatic hydroxyl groups is 1. The van der Waals surface area contributed by atoms with Crippen LogP contribution in [-0.4, -0.2) is 41.9 Å². The summed E-state index contributed by atoms with van der Waals surface area (Å²) in [5.74, 6) is -1.01. The Morgan fingerprint density at radius 3 is 1.69 bits per heavy atom. The quantitative estimate of drug-likeness (QED) is 0.0468. The zero-order chi connectivity index (χ0) is 31.2. The lowest BCUT2D eigenvalue weighted by molar-refractivity contribution is -0.122. The highest BCUT2D eigenvalue weighted by molar-refractivity contribution is 7.85. The van der Waals surface area contributed by atoms with Crippen molar-refractivity contribution in [1.29, 1.82) is 0 Å². The van der Waals surface area contributed by atoms with Gasteiger partial charge in [-0.05, 0) is 57.8 Å². The molecule has 0 saturated heterocycles. The lowest BCUT2D eigenvalue weighted by Gasteiger charge is -2.21. The van der Waals surface area contributed by atoms with Crippen molar-refractivity contribution in [1.82, 2.24) is 5.32 Å². The third-order valence-electron chi connectivity index (χ3n) is 6.95. The fraction of sp³-hybridized carbons (Fsp3) is 0.686. The van der Waals surface area contributed by atoms with Gasteiger partial charge in [0.25, 0.3) is 10.1 Å². The summed E-state index contributed by atoms with van der Waals surface area (Å²) in [5.41, 5.74) is 0. The summed E-state index contributed by atoms with van der Waals surface area (Å²) >= 11 is 0. The molecule has 7 heteroatoms. The fourth-order valence-electron chi connectivity index (χ4n) is 4.50. The third kappa shape index (κ3) is 29.5. The summed E-state index contributed by atoms with van der Waals surface area (Å²) in [5, 5.41) is 13.0.